The van der Waals surface area contributed by atoms with E-state index in [2.05, 4.69) is 10.6 Å². The summed E-state index contributed by atoms with van der Waals surface area (Å²) in [6.45, 7) is 5.10. The first kappa shape index (κ1) is 19.2. The number of carbonyl (C=O) groups is 3. The van der Waals surface area contributed by atoms with E-state index >= 15 is 0 Å². The molecule has 0 heterocycles. The molecule has 2 amide bonds. The molecule has 2 aromatic rings. The van der Waals surface area contributed by atoms with E-state index in [1.54, 1.807) is 24.3 Å². The maximum atomic E-state index is 12.0. The molecule has 0 fully saturated rings. The lowest BCUT2D eigenvalue weighted by Gasteiger charge is -2.08. The molecule has 26 heavy (non-hydrogen) atoms. The zero-order valence-electron chi connectivity index (χ0n) is 15.1. The summed E-state index contributed by atoms with van der Waals surface area (Å²) in [7, 11) is 0. The molecule has 136 valence electrons. The monoisotopic (exact) mass is 354 g/mol. The van der Waals surface area contributed by atoms with Crippen LogP contribution in [0, 0.1) is 20.8 Å². The van der Waals surface area contributed by atoms with Crippen LogP contribution in [0.1, 0.15) is 27.0 Å². The Morgan fingerprint density at radius 1 is 0.923 bits per heavy atom. The van der Waals surface area contributed by atoms with Crippen LogP contribution >= 0.6 is 0 Å². The van der Waals surface area contributed by atoms with E-state index in [0.29, 0.717) is 11.3 Å². The molecule has 2 N–H and O–H groups in total. The summed E-state index contributed by atoms with van der Waals surface area (Å²) in [5, 5.41) is 5.10. The number of aryl methyl sites for hydroxylation is 3. The molecule has 0 spiro atoms. The van der Waals surface area contributed by atoms with Gasteiger partial charge < -0.3 is 15.4 Å². The number of hydrogen-bond acceptors (Lipinski definition) is 4. The Hall–Kier alpha value is -3.15. The summed E-state index contributed by atoms with van der Waals surface area (Å²) in [6.07, 6.45) is 0. The lowest BCUT2D eigenvalue weighted by Crippen LogP contribution is -2.32. The van der Waals surface area contributed by atoms with Gasteiger partial charge in [0.2, 0.25) is 0 Å². The fourth-order valence-corrected chi connectivity index (χ4v) is 2.17. The maximum Gasteiger partial charge on any atom is 0.325 e. The number of ether oxygens (including phenoxy) is 1. The zero-order chi connectivity index (χ0) is 19.1. The van der Waals surface area contributed by atoms with E-state index in [1.807, 2.05) is 39.0 Å². The van der Waals surface area contributed by atoms with Gasteiger partial charge in [-0.15, -0.1) is 0 Å². The van der Waals surface area contributed by atoms with Crippen molar-refractivity contribution in [2.24, 2.45) is 0 Å². The minimum Gasteiger partial charge on any atom is -0.454 e. The molecule has 0 aliphatic rings. The van der Waals surface area contributed by atoms with Crippen LogP contribution in [-0.4, -0.2) is 30.9 Å². The van der Waals surface area contributed by atoms with Crippen LogP contribution in [0.2, 0.25) is 0 Å². The van der Waals surface area contributed by atoms with Gasteiger partial charge >= 0.3 is 5.97 Å². The highest BCUT2D eigenvalue weighted by Crippen LogP contribution is 2.10. The van der Waals surface area contributed by atoms with Gasteiger partial charge in [-0.3, -0.25) is 14.4 Å². The maximum absolute atomic E-state index is 12.0. The molecule has 0 saturated carbocycles. The van der Waals surface area contributed by atoms with Crippen LogP contribution in [0.15, 0.2) is 42.5 Å². The van der Waals surface area contributed by atoms with Crippen LogP contribution < -0.4 is 10.6 Å². The Balaban J connectivity index is 1.74. The molecule has 0 radical (unpaired) electrons. The molecular formula is C20H22N2O4. The smallest absolute Gasteiger partial charge is 0.325 e. The van der Waals surface area contributed by atoms with Gasteiger partial charge in [0.15, 0.2) is 6.61 Å². The molecule has 2 aromatic carbocycles. The van der Waals surface area contributed by atoms with Gasteiger partial charge in [0.25, 0.3) is 11.8 Å². The quantitative estimate of drug-likeness (QED) is 0.781. The van der Waals surface area contributed by atoms with E-state index in [4.69, 9.17) is 4.74 Å². The number of carbonyl (C=O) groups excluding carboxylic acids is 3. The third-order valence-corrected chi connectivity index (χ3v) is 3.86. The largest absolute Gasteiger partial charge is 0.454 e. The fraction of sp³-hybridized carbons (Fsp3) is 0.250. The van der Waals surface area contributed by atoms with E-state index in [9.17, 15) is 14.4 Å². The second kappa shape index (κ2) is 8.80. The summed E-state index contributed by atoms with van der Waals surface area (Å²) in [5.74, 6) is -1.49. The molecule has 0 saturated heterocycles. The third-order valence-electron chi connectivity index (χ3n) is 3.86. The third kappa shape index (κ3) is 5.73. The number of esters is 1. The number of benzene rings is 2. The van der Waals surface area contributed by atoms with E-state index in [0.717, 1.165) is 16.7 Å². The Kier molecular flexibility index (Phi) is 6.49. The van der Waals surface area contributed by atoms with Crippen LogP contribution in [0.4, 0.5) is 5.69 Å². The lowest BCUT2D eigenvalue weighted by atomic mass is 10.1. The van der Waals surface area contributed by atoms with Crippen molar-refractivity contribution in [3.63, 3.8) is 0 Å². The Labute approximate surface area is 152 Å². The average Bonchev–Trinajstić information content (AvgIpc) is 2.62. The second-order valence-electron chi connectivity index (χ2n) is 6.06. The Morgan fingerprint density at radius 2 is 1.62 bits per heavy atom. The summed E-state index contributed by atoms with van der Waals surface area (Å²) in [4.78, 5) is 35.5. The number of amides is 2. The zero-order valence-corrected chi connectivity index (χ0v) is 15.1. The molecule has 0 atom stereocenters. The van der Waals surface area contributed by atoms with Crippen molar-refractivity contribution in [2.75, 3.05) is 18.5 Å². The van der Waals surface area contributed by atoms with E-state index in [-0.39, 0.29) is 12.5 Å². The predicted molar refractivity (Wildman–Crippen MR) is 99.0 cm³/mol. The van der Waals surface area contributed by atoms with Gasteiger partial charge in [-0.05, 0) is 56.2 Å². The first-order valence-corrected chi connectivity index (χ1v) is 8.23. The van der Waals surface area contributed by atoms with Crippen LogP contribution in [0.3, 0.4) is 0 Å². The highest BCUT2D eigenvalue weighted by atomic mass is 16.5. The summed E-state index contributed by atoms with van der Waals surface area (Å²) < 4.78 is 4.86. The minimum atomic E-state index is -0.679. The minimum absolute atomic E-state index is 0.302. The Bertz CT molecular complexity index is 813. The summed E-state index contributed by atoms with van der Waals surface area (Å²) >= 11 is 0. The SMILES string of the molecule is Cc1ccc(NC(=O)COC(=O)CNC(=O)c2ccc(C)c(C)c2)cc1. The van der Waals surface area contributed by atoms with Gasteiger partial charge in [-0.25, -0.2) is 0 Å². The van der Waals surface area contributed by atoms with Crippen molar-refractivity contribution in [3.8, 4) is 0 Å². The second-order valence-corrected chi connectivity index (χ2v) is 6.06. The first-order chi connectivity index (χ1) is 12.3. The predicted octanol–water partition coefficient (Wildman–Crippen LogP) is 2.52. The van der Waals surface area contributed by atoms with Gasteiger partial charge in [0, 0.05) is 11.3 Å². The first-order valence-electron chi connectivity index (χ1n) is 8.23. The van der Waals surface area contributed by atoms with Gasteiger partial charge in [0.1, 0.15) is 6.54 Å². The number of hydrogen-bond donors (Lipinski definition) is 2. The van der Waals surface area contributed by atoms with Gasteiger partial charge in [-0.2, -0.15) is 0 Å². The summed E-state index contributed by atoms with van der Waals surface area (Å²) in [5.41, 5.74) is 4.25. The van der Waals surface area contributed by atoms with Crippen molar-refractivity contribution in [1.82, 2.24) is 5.32 Å². The normalized spacial score (nSPS) is 10.1. The Morgan fingerprint density at radius 3 is 2.27 bits per heavy atom. The molecule has 0 bridgehead atoms. The summed E-state index contributed by atoms with van der Waals surface area (Å²) in [6, 6.07) is 12.5. The van der Waals surface area contributed by atoms with Crippen molar-refractivity contribution >= 4 is 23.5 Å². The molecular weight excluding hydrogens is 332 g/mol. The van der Waals surface area contributed by atoms with Gasteiger partial charge in [-0.1, -0.05) is 23.8 Å². The van der Waals surface area contributed by atoms with Crippen molar-refractivity contribution in [1.29, 1.82) is 0 Å². The molecule has 6 heteroatoms. The number of rotatable bonds is 6. The van der Waals surface area contributed by atoms with Crippen molar-refractivity contribution in [2.45, 2.75) is 20.8 Å². The van der Waals surface area contributed by atoms with Crippen LogP contribution in [-0.2, 0) is 14.3 Å². The lowest BCUT2D eigenvalue weighted by molar-refractivity contribution is -0.146. The molecule has 0 unspecified atom stereocenters. The van der Waals surface area contributed by atoms with E-state index in [1.165, 1.54) is 0 Å². The fourth-order valence-electron chi connectivity index (χ4n) is 2.17. The van der Waals surface area contributed by atoms with Crippen molar-refractivity contribution < 1.29 is 19.1 Å². The highest BCUT2D eigenvalue weighted by molar-refractivity contribution is 5.96. The molecule has 0 aliphatic carbocycles. The molecule has 0 aromatic heterocycles. The van der Waals surface area contributed by atoms with Crippen molar-refractivity contribution in [3.05, 3.63) is 64.7 Å². The van der Waals surface area contributed by atoms with E-state index < -0.39 is 18.5 Å². The standard InChI is InChI=1S/C20H22N2O4/c1-13-4-8-17(9-5-13)22-18(23)12-26-19(24)11-21-20(25)16-7-6-14(2)15(3)10-16/h4-10H,11-12H2,1-3H3,(H,21,25)(H,22,23). The van der Waals surface area contributed by atoms with Crippen LogP contribution in [0.5, 0.6) is 0 Å². The molecule has 2 rings (SSSR count). The van der Waals surface area contributed by atoms with Gasteiger partial charge in [0.05, 0.1) is 0 Å². The molecule has 6 nitrogen and oxygen atoms in total. The number of anilines is 1. The highest BCUT2D eigenvalue weighted by Gasteiger charge is 2.11. The number of nitrogens with one attached hydrogen (secondary N) is 2. The van der Waals surface area contributed by atoms with Crippen LogP contribution in [0.25, 0.3) is 0 Å². The topological polar surface area (TPSA) is 84.5 Å². The average molecular weight is 354 g/mol. The molecule has 0 aliphatic heterocycles.